The minimum Gasteiger partial charge on any atom is -0.478 e. The Morgan fingerprint density at radius 2 is 1.86 bits per heavy atom. The van der Waals surface area contributed by atoms with Gasteiger partial charge in [-0.2, -0.15) is 0 Å². The normalized spacial score (nSPS) is 16.3. The molecule has 0 amide bonds. The fourth-order valence-electron chi connectivity index (χ4n) is 2.53. The van der Waals surface area contributed by atoms with Crippen LogP contribution < -0.4 is 4.89 Å². The van der Waals surface area contributed by atoms with Crippen LogP contribution in [-0.2, 0) is 14.9 Å². The molecule has 1 fully saturated rings. The van der Waals surface area contributed by atoms with E-state index in [0.29, 0.717) is 11.1 Å². The van der Waals surface area contributed by atoms with Crippen LogP contribution in [0.4, 0.5) is 0 Å². The Balaban J connectivity index is 2.26. The van der Waals surface area contributed by atoms with E-state index in [9.17, 15) is 13.2 Å². The zero-order valence-corrected chi connectivity index (χ0v) is 12.9. The summed E-state index contributed by atoms with van der Waals surface area (Å²) in [5.41, 5.74) is 0.984. The summed E-state index contributed by atoms with van der Waals surface area (Å²) < 4.78 is 24.5. The molecule has 6 nitrogen and oxygen atoms in total. The number of aromatic carboxylic acids is 1. The average molecular weight is 313 g/mol. The van der Waals surface area contributed by atoms with Crippen LogP contribution in [0.2, 0.25) is 0 Å². The number of aryl methyl sites for hydroxylation is 2. The maximum absolute atomic E-state index is 12.3. The summed E-state index contributed by atoms with van der Waals surface area (Å²) >= 11 is 0. The molecule has 1 aliphatic rings. The number of carboxylic acids is 1. The predicted molar refractivity (Wildman–Crippen MR) is 76.5 cm³/mol. The predicted octanol–water partition coefficient (Wildman–Crippen LogP) is 2.15. The third kappa shape index (κ3) is 3.61. The smallest absolute Gasteiger partial charge is 0.335 e. The van der Waals surface area contributed by atoms with Gasteiger partial charge in [0.05, 0.1) is 16.6 Å². The van der Waals surface area contributed by atoms with E-state index in [1.807, 2.05) is 0 Å². The van der Waals surface area contributed by atoms with Crippen LogP contribution in [0.5, 0.6) is 0 Å². The van der Waals surface area contributed by atoms with Crippen molar-refractivity contribution < 1.29 is 23.2 Å². The van der Waals surface area contributed by atoms with Gasteiger partial charge >= 0.3 is 5.97 Å². The second-order valence-corrected chi connectivity index (χ2v) is 6.96. The molecule has 1 saturated carbocycles. The Morgan fingerprint density at radius 3 is 2.43 bits per heavy atom. The molecule has 0 spiro atoms. The summed E-state index contributed by atoms with van der Waals surface area (Å²) in [5, 5.41) is 9.10. The van der Waals surface area contributed by atoms with E-state index in [2.05, 4.69) is 4.89 Å². The van der Waals surface area contributed by atoms with Crippen molar-refractivity contribution in [1.29, 1.82) is 0 Å². The second-order valence-electron chi connectivity index (χ2n) is 5.35. The summed E-state index contributed by atoms with van der Waals surface area (Å²) in [6.07, 6.45) is 3.61. The van der Waals surface area contributed by atoms with Crippen LogP contribution in [0, 0.1) is 13.8 Å². The molecule has 0 heterocycles. The van der Waals surface area contributed by atoms with Crippen LogP contribution in [0.25, 0.3) is 0 Å². The van der Waals surface area contributed by atoms with E-state index in [1.54, 1.807) is 19.9 Å². The highest BCUT2D eigenvalue weighted by atomic mass is 32.2. The molecule has 0 atom stereocenters. The summed E-state index contributed by atoms with van der Waals surface area (Å²) in [6, 6.07) is 2.72. The van der Waals surface area contributed by atoms with Crippen molar-refractivity contribution >= 4 is 16.0 Å². The molecular weight excluding hydrogens is 294 g/mol. The zero-order chi connectivity index (χ0) is 15.6. The number of rotatable bonds is 5. The minimum atomic E-state index is -3.89. The van der Waals surface area contributed by atoms with Crippen LogP contribution in [0.1, 0.15) is 47.2 Å². The quantitative estimate of drug-likeness (QED) is 0.813. The molecule has 0 aliphatic heterocycles. The van der Waals surface area contributed by atoms with E-state index >= 15 is 0 Å². The largest absolute Gasteiger partial charge is 0.478 e. The van der Waals surface area contributed by atoms with Crippen molar-refractivity contribution in [2.75, 3.05) is 0 Å². The standard InChI is InChI=1S/C14H19NO5S/c1-9-7-10(2)13(8-12(9)14(16)17)21(18,19)15-20-11-5-3-4-6-11/h7-8,11,15H,3-6H2,1-2H3,(H,16,17). The Labute approximate surface area is 124 Å². The van der Waals surface area contributed by atoms with Gasteiger partial charge in [0.15, 0.2) is 0 Å². The van der Waals surface area contributed by atoms with E-state index < -0.39 is 16.0 Å². The van der Waals surface area contributed by atoms with Gasteiger partial charge in [0.2, 0.25) is 0 Å². The zero-order valence-electron chi connectivity index (χ0n) is 12.0. The van der Waals surface area contributed by atoms with Crippen LogP contribution >= 0.6 is 0 Å². The van der Waals surface area contributed by atoms with Crippen molar-refractivity contribution in [3.05, 3.63) is 28.8 Å². The molecule has 21 heavy (non-hydrogen) atoms. The summed E-state index contributed by atoms with van der Waals surface area (Å²) in [4.78, 5) is 18.4. The van der Waals surface area contributed by atoms with Gasteiger partial charge in [0, 0.05) is 0 Å². The Morgan fingerprint density at radius 1 is 1.24 bits per heavy atom. The monoisotopic (exact) mass is 313 g/mol. The molecule has 1 aromatic carbocycles. The van der Waals surface area contributed by atoms with E-state index in [1.165, 1.54) is 6.07 Å². The Kier molecular flexibility index (Phi) is 4.65. The van der Waals surface area contributed by atoms with Gasteiger partial charge in [-0.15, -0.1) is 0 Å². The molecule has 0 bridgehead atoms. The fourth-order valence-corrected chi connectivity index (χ4v) is 3.64. The number of hydrogen-bond acceptors (Lipinski definition) is 4. The molecule has 0 aromatic heterocycles. The number of benzene rings is 1. The first-order valence-electron chi connectivity index (χ1n) is 6.83. The van der Waals surface area contributed by atoms with Gasteiger partial charge in [0.25, 0.3) is 10.0 Å². The molecule has 1 aliphatic carbocycles. The third-order valence-corrected chi connectivity index (χ3v) is 5.00. The average Bonchev–Trinajstić information content (AvgIpc) is 2.88. The molecular formula is C14H19NO5S. The first-order valence-corrected chi connectivity index (χ1v) is 8.31. The lowest BCUT2D eigenvalue weighted by molar-refractivity contribution is 0.0223. The minimum absolute atomic E-state index is 0.0261. The molecule has 2 N–H and O–H groups in total. The van der Waals surface area contributed by atoms with E-state index in [4.69, 9.17) is 9.94 Å². The van der Waals surface area contributed by atoms with Crippen molar-refractivity contribution in [1.82, 2.24) is 4.89 Å². The van der Waals surface area contributed by atoms with Crippen molar-refractivity contribution in [2.24, 2.45) is 0 Å². The highest BCUT2D eigenvalue weighted by Gasteiger charge is 2.23. The molecule has 7 heteroatoms. The molecule has 2 rings (SSSR count). The topological polar surface area (TPSA) is 92.7 Å². The third-order valence-electron chi connectivity index (χ3n) is 3.67. The number of carboxylic acid groups (broad SMARTS) is 1. The molecule has 1 aromatic rings. The fraction of sp³-hybridized carbons (Fsp3) is 0.500. The maximum Gasteiger partial charge on any atom is 0.335 e. The van der Waals surface area contributed by atoms with Gasteiger partial charge < -0.3 is 5.11 Å². The second kappa shape index (κ2) is 6.13. The van der Waals surface area contributed by atoms with E-state index in [-0.39, 0.29) is 16.6 Å². The summed E-state index contributed by atoms with van der Waals surface area (Å²) in [7, 11) is -3.89. The van der Waals surface area contributed by atoms with Crippen LogP contribution in [0.15, 0.2) is 17.0 Å². The first kappa shape index (κ1) is 15.9. The van der Waals surface area contributed by atoms with Gasteiger partial charge in [-0.25, -0.2) is 13.2 Å². The van der Waals surface area contributed by atoms with Crippen molar-refractivity contribution in [3.8, 4) is 0 Å². The Hall–Kier alpha value is -1.44. The lowest BCUT2D eigenvalue weighted by atomic mass is 10.1. The lowest BCUT2D eigenvalue weighted by Crippen LogP contribution is -2.29. The first-order chi connectivity index (χ1) is 9.81. The lowest BCUT2D eigenvalue weighted by Gasteiger charge is -2.14. The van der Waals surface area contributed by atoms with Gasteiger partial charge in [0.1, 0.15) is 0 Å². The Bertz CT molecular complexity index is 648. The SMILES string of the molecule is Cc1cc(C)c(S(=O)(=O)NOC2CCCC2)cc1C(=O)O. The summed E-state index contributed by atoms with van der Waals surface area (Å²) in [6.45, 7) is 3.26. The molecule has 0 saturated heterocycles. The number of hydrogen-bond donors (Lipinski definition) is 2. The van der Waals surface area contributed by atoms with Gasteiger partial charge in [-0.1, -0.05) is 23.8 Å². The van der Waals surface area contributed by atoms with Crippen molar-refractivity contribution in [2.45, 2.75) is 50.5 Å². The molecule has 116 valence electrons. The number of carbonyl (C=O) groups is 1. The van der Waals surface area contributed by atoms with Gasteiger partial charge in [-0.3, -0.25) is 4.84 Å². The maximum atomic E-state index is 12.3. The van der Waals surface area contributed by atoms with E-state index in [0.717, 1.165) is 25.7 Å². The molecule has 0 radical (unpaired) electrons. The van der Waals surface area contributed by atoms with Crippen molar-refractivity contribution in [3.63, 3.8) is 0 Å². The van der Waals surface area contributed by atoms with Crippen LogP contribution in [0.3, 0.4) is 0 Å². The molecule has 0 unspecified atom stereocenters. The highest BCUT2D eigenvalue weighted by molar-refractivity contribution is 7.89. The number of sulfonamides is 1. The van der Waals surface area contributed by atoms with Gasteiger partial charge in [-0.05, 0) is 43.9 Å². The summed E-state index contributed by atoms with van der Waals surface area (Å²) in [5.74, 6) is -1.15. The van der Waals surface area contributed by atoms with Crippen LogP contribution in [-0.4, -0.2) is 25.6 Å². The number of nitrogens with one attached hydrogen (secondary N) is 1. The highest BCUT2D eigenvalue weighted by Crippen LogP contribution is 2.23.